The summed E-state index contributed by atoms with van der Waals surface area (Å²) in [5, 5.41) is 22.5. The third-order valence-electron chi connectivity index (χ3n) is 14.9. The summed E-state index contributed by atoms with van der Waals surface area (Å²) in [5.41, 5.74) is 6.81. The standard InChI is InChI=1S/C68H42N2S/c1-5-19-53-45(15-1)27-29-47-31-33-49(39-61(47)53)69(64-25-11-17-43-13-3-7-21-55(43)64)51-35-37-59-63(41-51)57-23-9-10-24-58(57)67-60-38-36-52(42-66(60)71-68(59)67)70(65-26-12-18-44-14-4-8-22-56(44)65)50-34-32-48-30-28-46-16-2-6-20-54(46)62(48)40-50/h1-42H. The highest BCUT2D eigenvalue weighted by molar-refractivity contribution is 7.27. The molecule has 14 aromatic carbocycles. The van der Waals surface area contributed by atoms with Crippen molar-refractivity contribution < 1.29 is 0 Å². The van der Waals surface area contributed by atoms with Gasteiger partial charge in [-0.3, -0.25) is 0 Å². The van der Waals surface area contributed by atoms with Crippen LogP contribution in [0.3, 0.4) is 0 Å². The van der Waals surface area contributed by atoms with E-state index in [0.717, 1.165) is 34.1 Å². The van der Waals surface area contributed by atoms with Crippen LogP contribution in [-0.2, 0) is 0 Å². The van der Waals surface area contributed by atoms with Crippen LogP contribution in [0.15, 0.2) is 255 Å². The van der Waals surface area contributed by atoms with Gasteiger partial charge in [0.2, 0.25) is 0 Å². The molecule has 0 spiro atoms. The minimum Gasteiger partial charge on any atom is -0.310 e. The fraction of sp³-hybridized carbons (Fsp3) is 0. The van der Waals surface area contributed by atoms with E-state index in [0.29, 0.717) is 0 Å². The van der Waals surface area contributed by atoms with Crippen molar-refractivity contribution in [2.75, 3.05) is 9.80 Å². The fourth-order valence-electron chi connectivity index (χ4n) is 11.6. The third-order valence-corrected chi connectivity index (χ3v) is 16.1. The molecule has 15 aromatic rings. The largest absolute Gasteiger partial charge is 0.310 e. The molecule has 0 atom stereocenters. The van der Waals surface area contributed by atoms with E-state index >= 15 is 0 Å². The van der Waals surface area contributed by atoms with Gasteiger partial charge in [-0.25, -0.2) is 0 Å². The summed E-state index contributed by atoms with van der Waals surface area (Å²) in [6, 6.07) is 94.5. The Morgan fingerprint density at radius 3 is 1.13 bits per heavy atom. The number of rotatable bonds is 6. The lowest BCUT2D eigenvalue weighted by atomic mass is 9.96. The van der Waals surface area contributed by atoms with Gasteiger partial charge < -0.3 is 9.80 Å². The quantitative estimate of drug-likeness (QED) is 0.153. The molecular weight excluding hydrogens is 877 g/mol. The molecule has 15 rings (SSSR count). The molecule has 0 bridgehead atoms. The van der Waals surface area contributed by atoms with E-state index in [-0.39, 0.29) is 0 Å². The second-order valence-corrected chi connectivity index (χ2v) is 19.9. The minimum absolute atomic E-state index is 1.12. The molecule has 1 heterocycles. The SMILES string of the molecule is c1ccc2c(N(c3ccc4c(c3)sc3c5ccc(N(c6ccc7ccc8ccccc8c7c6)c6cccc7ccccc67)cc5c5ccccc5c43)c3ccc4ccc5ccccc5c4c3)cccc2c1. The van der Waals surface area contributed by atoms with E-state index in [9.17, 15) is 0 Å². The number of thiophene rings is 1. The highest BCUT2D eigenvalue weighted by atomic mass is 32.1. The molecule has 0 unspecified atom stereocenters. The van der Waals surface area contributed by atoms with Gasteiger partial charge in [-0.2, -0.15) is 0 Å². The van der Waals surface area contributed by atoms with E-state index in [1.807, 2.05) is 11.3 Å². The van der Waals surface area contributed by atoms with Crippen LogP contribution in [0, 0.1) is 0 Å². The molecule has 0 amide bonds. The van der Waals surface area contributed by atoms with Crippen molar-refractivity contribution in [2.24, 2.45) is 0 Å². The second kappa shape index (κ2) is 15.8. The molecule has 1 aromatic heterocycles. The van der Waals surface area contributed by atoms with Crippen molar-refractivity contribution in [3.8, 4) is 0 Å². The van der Waals surface area contributed by atoms with Gasteiger partial charge in [0.05, 0.1) is 11.4 Å². The maximum absolute atomic E-state index is 2.47. The predicted molar refractivity (Wildman–Crippen MR) is 309 cm³/mol. The Morgan fingerprint density at radius 2 is 0.592 bits per heavy atom. The number of anilines is 6. The number of fused-ring (bicyclic) bond motifs is 16. The molecule has 0 aliphatic carbocycles. The second-order valence-electron chi connectivity index (χ2n) is 18.8. The van der Waals surface area contributed by atoms with Crippen molar-refractivity contribution in [3.63, 3.8) is 0 Å². The van der Waals surface area contributed by atoms with E-state index in [2.05, 4.69) is 265 Å². The van der Waals surface area contributed by atoms with Gasteiger partial charge in [-0.05, 0) is 131 Å². The zero-order valence-corrected chi connectivity index (χ0v) is 39.4. The molecule has 0 saturated carbocycles. The van der Waals surface area contributed by atoms with E-state index in [1.54, 1.807) is 0 Å². The van der Waals surface area contributed by atoms with Crippen molar-refractivity contribution in [1.29, 1.82) is 0 Å². The Morgan fingerprint density at radius 1 is 0.225 bits per heavy atom. The van der Waals surface area contributed by atoms with Gasteiger partial charge in [0, 0.05) is 59.1 Å². The van der Waals surface area contributed by atoms with Crippen molar-refractivity contribution in [3.05, 3.63) is 255 Å². The summed E-state index contributed by atoms with van der Waals surface area (Å²) >= 11 is 1.91. The Balaban J connectivity index is 0.950. The van der Waals surface area contributed by atoms with Crippen LogP contribution in [0.1, 0.15) is 0 Å². The third kappa shape index (κ3) is 6.27. The van der Waals surface area contributed by atoms with Gasteiger partial charge in [0.15, 0.2) is 0 Å². The number of hydrogen-bond donors (Lipinski definition) is 0. The van der Waals surface area contributed by atoms with Crippen LogP contribution in [-0.4, -0.2) is 0 Å². The van der Waals surface area contributed by atoms with Gasteiger partial charge >= 0.3 is 0 Å². The molecule has 0 fully saturated rings. The number of benzene rings is 14. The average molecular weight is 919 g/mol. The molecule has 0 aliphatic heterocycles. The average Bonchev–Trinajstić information content (AvgIpc) is 3.83. The summed E-state index contributed by atoms with van der Waals surface area (Å²) in [5.74, 6) is 0. The van der Waals surface area contributed by atoms with Crippen molar-refractivity contribution in [1.82, 2.24) is 0 Å². The summed E-state index contributed by atoms with van der Waals surface area (Å²) < 4.78 is 2.57. The van der Waals surface area contributed by atoms with Crippen LogP contribution >= 0.6 is 11.3 Å². The van der Waals surface area contributed by atoms with Crippen molar-refractivity contribution in [2.45, 2.75) is 0 Å². The van der Waals surface area contributed by atoms with Gasteiger partial charge in [-0.1, -0.05) is 194 Å². The predicted octanol–water partition coefficient (Wildman–Crippen LogP) is 20.2. The van der Waals surface area contributed by atoms with Crippen LogP contribution in [0.5, 0.6) is 0 Å². The topological polar surface area (TPSA) is 6.48 Å². The lowest BCUT2D eigenvalue weighted by Gasteiger charge is -2.28. The van der Waals surface area contributed by atoms with E-state index in [1.165, 1.54) is 106 Å². The highest BCUT2D eigenvalue weighted by Gasteiger charge is 2.22. The molecule has 71 heavy (non-hydrogen) atoms. The van der Waals surface area contributed by atoms with Crippen LogP contribution in [0.2, 0.25) is 0 Å². The summed E-state index contributed by atoms with van der Waals surface area (Å²) in [4.78, 5) is 4.93. The highest BCUT2D eigenvalue weighted by Crippen LogP contribution is 2.49. The molecule has 0 radical (unpaired) electrons. The Labute approximate surface area is 414 Å². The van der Waals surface area contributed by atoms with E-state index in [4.69, 9.17) is 0 Å². The zero-order chi connectivity index (χ0) is 46.6. The van der Waals surface area contributed by atoms with Crippen LogP contribution in [0.4, 0.5) is 34.1 Å². The van der Waals surface area contributed by atoms with Crippen LogP contribution in [0.25, 0.3) is 106 Å². The molecule has 0 N–H and O–H groups in total. The first-order valence-electron chi connectivity index (χ1n) is 24.4. The number of nitrogens with zero attached hydrogens (tertiary/aromatic N) is 2. The van der Waals surface area contributed by atoms with E-state index < -0.39 is 0 Å². The normalized spacial score (nSPS) is 11.9. The summed E-state index contributed by atoms with van der Waals surface area (Å²) in [6.07, 6.45) is 0. The molecule has 2 nitrogen and oxygen atoms in total. The Kier molecular flexibility index (Phi) is 8.86. The smallest absolute Gasteiger partial charge is 0.0540 e. The molecular formula is C68H42N2S. The maximum atomic E-state index is 2.47. The zero-order valence-electron chi connectivity index (χ0n) is 38.6. The molecule has 0 aliphatic rings. The Hall–Kier alpha value is -9.02. The Bertz CT molecular complexity index is 4670. The first kappa shape index (κ1) is 39.9. The fourth-order valence-corrected chi connectivity index (χ4v) is 12.9. The minimum atomic E-state index is 1.12. The van der Waals surface area contributed by atoms with Gasteiger partial charge in [0.1, 0.15) is 0 Å². The maximum Gasteiger partial charge on any atom is 0.0540 e. The monoisotopic (exact) mass is 918 g/mol. The number of hydrogen-bond acceptors (Lipinski definition) is 3. The molecule has 330 valence electrons. The van der Waals surface area contributed by atoms with Crippen molar-refractivity contribution >= 4 is 152 Å². The lowest BCUT2D eigenvalue weighted by Crippen LogP contribution is -2.10. The van der Waals surface area contributed by atoms with Gasteiger partial charge in [0.25, 0.3) is 0 Å². The van der Waals surface area contributed by atoms with Crippen LogP contribution < -0.4 is 9.80 Å². The molecule has 0 saturated heterocycles. The summed E-state index contributed by atoms with van der Waals surface area (Å²) in [6.45, 7) is 0. The first-order chi connectivity index (χ1) is 35.2. The summed E-state index contributed by atoms with van der Waals surface area (Å²) in [7, 11) is 0. The first-order valence-corrected chi connectivity index (χ1v) is 25.2. The lowest BCUT2D eigenvalue weighted by molar-refractivity contribution is 1.31. The van der Waals surface area contributed by atoms with Gasteiger partial charge in [-0.15, -0.1) is 11.3 Å². The molecule has 3 heteroatoms.